The summed E-state index contributed by atoms with van der Waals surface area (Å²) in [6.07, 6.45) is 3.73. The molecule has 2 rings (SSSR count). The molecule has 0 aliphatic heterocycles. The van der Waals surface area contributed by atoms with Crippen molar-refractivity contribution in [3.05, 3.63) is 52.5 Å². The zero-order chi connectivity index (χ0) is 11.4. The lowest BCUT2D eigenvalue weighted by atomic mass is 10.2. The smallest absolute Gasteiger partial charge is 0.366 e. The first-order valence-electron chi connectivity index (χ1n) is 4.81. The van der Waals surface area contributed by atoms with Gasteiger partial charge < -0.3 is 5.73 Å². The molecule has 16 heavy (non-hydrogen) atoms. The van der Waals surface area contributed by atoms with Gasteiger partial charge >= 0.3 is 5.76 Å². The first-order valence-corrected chi connectivity index (χ1v) is 4.81. The van der Waals surface area contributed by atoms with Crippen molar-refractivity contribution in [2.24, 2.45) is 0 Å². The molecule has 0 aliphatic carbocycles. The molecule has 0 bridgehead atoms. The molecule has 0 saturated carbocycles. The van der Waals surface area contributed by atoms with E-state index in [1.165, 1.54) is 4.57 Å². The van der Waals surface area contributed by atoms with Crippen molar-refractivity contribution in [3.63, 3.8) is 0 Å². The number of benzene rings is 1. The lowest BCUT2D eigenvalue weighted by molar-refractivity contribution is 0.379. The second-order valence-corrected chi connectivity index (χ2v) is 3.23. The van der Waals surface area contributed by atoms with Gasteiger partial charge in [0.25, 0.3) is 0 Å². The third kappa shape index (κ3) is 2.20. The van der Waals surface area contributed by atoms with Crippen molar-refractivity contribution in [3.8, 4) is 0 Å². The van der Waals surface area contributed by atoms with Crippen molar-refractivity contribution in [1.29, 1.82) is 0 Å². The fourth-order valence-corrected chi connectivity index (χ4v) is 1.30. The molecule has 0 fully saturated rings. The number of nitrogen functional groups attached to an aromatic ring is 1. The number of hydrogen-bond acceptors (Lipinski definition) is 4. The van der Waals surface area contributed by atoms with Crippen LogP contribution in [0.2, 0.25) is 0 Å². The van der Waals surface area contributed by atoms with Crippen LogP contribution in [0.1, 0.15) is 5.56 Å². The van der Waals surface area contributed by atoms with Crippen LogP contribution in [-0.2, 0) is 6.54 Å². The summed E-state index contributed by atoms with van der Waals surface area (Å²) in [6.45, 7) is 0.350. The van der Waals surface area contributed by atoms with Crippen LogP contribution in [0.5, 0.6) is 0 Å². The summed E-state index contributed by atoms with van der Waals surface area (Å²) in [7, 11) is 0. The summed E-state index contributed by atoms with van der Waals surface area (Å²) in [5, 5.41) is 3.36. The van der Waals surface area contributed by atoms with Crippen LogP contribution in [0.4, 0.5) is 5.95 Å². The van der Waals surface area contributed by atoms with Crippen LogP contribution in [0.3, 0.4) is 0 Å². The Morgan fingerprint density at radius 3 is 2.75 bits per heavy atom. The largest absolute Gasteiger partial charge is 0.443 e. The maximum Gasteiger partial charge on any atom is 0.443 e. The molecular formula is C11H11N3O2. The molecule has 0 saturated heterocycles. The Morgan fingerprint density at radius 2 is 2.12 bits per heavy atom. The van der Waals surface area contributed by atoms with Crippen LogP contribution in [0.15, 0.2) is 45.7 Å². The third-order valence-corrected chi connectivity index (χ3v) is 2.11. The van der Waals surface area contributed by atoms with Crippen molar-refractivity contribution in [1.82, 2.24) is 9.72 Å². The molecule has 5 nitrogen and oxygen atoms in total. The van der Waals surface area contributed by atoms with Crippen molar-refractivity contribution < 1.29 is 4.52 Å². The quantitative estimate of drug-likeness (QED) is 0.836. The molecule has 0 aliphatic rings. The molecule has 1 aromatic carbocycles. The topological polar surface area (TPSA) is 74.1 Å². The average Bonchev–Trinajstić information content (AvgIpc) is 2.62. The minimum atomic E-state index is -0.546. The number of anilines is 1. The highest BCUT2D eigenvalue weighted by molar-refractivity contribution is 5.48. The van der Waals surface area contributed by atoms with Crippen LogP contribution < -0.4 is 11.5 Å². The highest BCUT2D eigenvalue weighted by atomic mass is 16.5. The summed E-state index contributed by atoms with van der Waals surface area (Å²) in [5.74, 6) is -0.460. The molecule has 0 atom stereocenters. The van der Waals surface area contributed by atoms with Gasteiger partial charge in [0.1, 0.15) is 0 Å². The summed E-state index contributed by atoms with van der Waals surface area (Å²) >= 11 is 0. The number of aromatic nitrogens is 2. The number of allylic oxidation sites excluding steroid dienone is 1. The zero-order valence-corrected chi connectivity index (χ0v) is 8.54. The van der Waals surface area contributed by atoms with E-state index in [9.17, 15) is 4.79 Å². The van der Waals surface area contributed by atoms with E-state index in [1.807, 2.05) is 42.5 Å². The van der Waals surface area contributed by atoms with Gasteiger partial charge in [-0.15, -0.1) is 0 Å². The normalized spacial score (nSPS) is 11.0. The summed E-state index contributed by atoms with van der Waals surface area (Å²) in [5.41, 5.74) is 6.51. The van der Waals surface area contributed by atoms with Gasteiger partial charge in [-0.2, -0.15) is 0 Å². The molecule has 1 aromatic heterocycles. The second-order valence-electron chi connectivity index (χ2n) is 3.23. The number of nitrogens with zero attached hydrogens (tertiary/aromatic N) is 2. The van der Waals surface area contributed by atoms with Crippen molar-refractivity contribution >= 4 is 12.0 Å². The summed E-state index contributed by atoms with van der Waals surface area (Å²) in [6, 6.07) is 9.77. The first-order chi connectivity index (χ1) is 7.77. The number of rotatable bonds is 3. The summed E-state index contributed by atoms with van der Waals surface area (Å²) in [4.78, 5) is 11.1. The Kier molecular flexibility index (Phi) is 2.86. The third-order valence-electron chi connectivity index (χ3n) is 2.11. The maximum atomic E-state index is 11.1. The molecule has 5 heteroatoms. The molecule has 0 spiro atoms. The van der Waals surface area contributed by atoms with E-state index in [4.69, 9.17) is 5.73 Å². The Hall–Kier alpha value is -2.30. The van der Waals surface area contributed by atoms with Crippen LogP contribution in [0.25, 0.3) is 6.08 Å². The van der Waals surface area contributed by atoms with Crippen molar-refractivity contribution in [2.75, 3.05) is 5.73 Å². The first kappa shape index (κ1) is 10.2. The van der Waals surface area contributed by atoms with Crippen LogP contribution in [0, 0.1) is 0 Å². The van der Waals surface area contributed by atoms with Gasteiger partial charge in [0.15, 0.2) is 0 Å². The van der Waals surface area contributed by atoms with Crippen LogP contribution >= 0.6 is 0 Å². The highest BCUT2D eigenvalue weighted by Crippen LogP contribution is 2.01. The van der Waals surface area contributed by atoms with Gasteiger partial charge in [0.05, 0.1) is 6.54 Å². The predicted molar refractivity (Wildman–Crippen MR) is 60.7 cm³/mol. The molecule has 0 unspecified atom stereocenters. The fraction of sp³-hybridized carbons (Fsp3) is 0.0909. The van der Waals surface area contributed by atoms with Gasteiger partial charge in [-0.3, -0.25) is 4.52 Å². The van der Waals surface area contributed by atoms with Gasteiger partial charge in [0, 0.05) is 0 Å². The predicted octanol–water partition coefficient (Wildman–Crippen LogP) is 1.13. The van der Waals surface area contributed by atoms with E-state index in [-0.39, 0.29) is 5.95 Å². The van der Waals surface area contributed by atoms with E-state index in [0.717, 1.165) is 5.56 Å². The van der Waals surface area contributed by atoms with E-state index >= 15 is 0 Å². The maximum absolute atomic E-state index is 11.1. The lowest BCUT2D eigenvalue weighted by Crippen LogP contribution is -2.15. The van der Waals surface area contributed by atoms with E-state index in [2.05, 4.69) is 9.68 Å². The fourth-order valence-electron chi connectivity index (χ4n) is 1.30. The minimum Gasteiger partial charge on any atom is -0.366 e. The molecular weight excluding hydrogens is 206 g/mol. The molecule has 82 valence electrons. The highest BCUT2D eigenvalue weighted by Gasteiger charge is 2.03. The van der Waals surface area contributed by atoms with Gasteiger partial charge in [0.2, 0.25) is 5.95 Å². The van der Waals surface area contributed by atoms with Crippen molar-refractivity contribution in [2.45, 2.75) is 6.54 Å². The lowest BCUT2D eigenvalue weighted by Gasteiger charge is -1.95. The van der Waals surface area contributed by atoms with Crippen LogP contribution in [-0.4, -0.2) is 9.72 Å². The minimum absolute atomic E-state index is 0.0858. The monoisotopic (exact) mass is 217 g/mol. The SMILES string of the molecule is Nc1noc(=O)n1CC=Cc1ccccc1. The second kappa shape index (κ2) is 4.48. The molecule has 0 radical (unpaired) electrons. The molecule has 0 amide bonds. The number of nitrogens with two attached hydrogens (primary N) is 1. The van der Waals surface area contributed by atoms with Gasteiger partial charge in [-0.25, -0.2) is 9.36 Å². The van der Waals surface area contributed by atoms with E-state index in [1.54, 1.807) is 0 Å². The zero-order valence-electron chi connectivity index (χ0n) is 8.54. The Balaban J connectivity index is 2.08. The molecule has 1 heterocycles. The number of hydrogen-bond donors (Lipinski definition) is 1. The average molecular weight is 217 g/mol. The Bertz CT molecular complexity index is 540. The Morgan fingerprint density at radius 1 is 1.38 bits per heavy atom. The molecule has 2 N–H and O–H groups in total. The van der Waals surface area contributed by atoms with E-state index < -0.39 is 5.76 Å². The Labute approximate surface area is 91.8 Å². The van der Waals surface area contributed by atoms with Gasteiger partial charge in [-0.1, -0.05) is 42.5 Å². The standard InChI is InChI=1S/C11H11N3O2/c12-10-13-16-11(15)14(10)8-4-7-9-5-2-1-3-6-9/h1-7H,8H2,(H2,12,13). The summed E-state index contributed by atoms with van der Waals surface area (Å²) < 4.78 is 5.65. The van der Waals surface area contributed by atoms with Gasteiger partial charge in [-0.05, 0) is 10.7 Å². The molecule has 2 aromatic rings. The van der Waals surface area contributed by atoms with E-state index in [0.29, 0.717) is 6.54 Å².